The number of ether oxygens (including phenoxy) is 2. The number of alkyl carbamates (subject to hydrolysis) is 1. The lowest BCUT2D eigenvalue weighted by molar-refractivity contribution is -0.145. The molecule has 0 bridgehead atoms. The van der Waals surface area contributed by atoms with E-state index in [1.54, 1.807) is 32.9 Å². The number of nitrogens with one attached hydrogen (secondary N) is 2. The fourth-order valence-electron chi connectivity index (χ4n) is 3.94. The number of carbonyl (C=O) groups is 4. The van der Waals surface area contributed by atoms with E-state index in [9.17, 15) is 24.3 Å². The fourth-order valence-corrected chi connectivity index (χ4v) is 3.94. The number of hydrogen-bond acceptors (Lipinski definition) is 7. The van der Waals surface area contributed by atoms with Gasteiger partial charge in [0.05, 0.1) is 13.7 Å². The minimum Gasteiger partial charge on any atom is -0.468 e. The van der Waals surface area contributed by atoms with Crippen LogP contribution in [0.3, 0.4) is 0 Å². The molecule has 1 aromatic rings. The Morgan fingerprint density at radius 2 is 1.71 bits per heavy atom. The molecule has 0 radical (unpaired) electrons. The Morgan fingerprint density at radius 3 is 2.29 bits per heavy atom. The van der Waals surface area contributed by atoms with E-state index in [1.807, 2.05) is 19.9 Å². The Balaban J connectivity index is 3.45. The number of carbonyl (C=O) groups excluding carboxylic acids is 4. The molecule has 1 rings (SSSR count). The topological polar surface area (TPSA) is 134 Å². The van der Waals surface area contributed by atoms with E-state index >= 15 is 0 Å². The van der Waals surface area contributed by atoms with Crippen molar-refractivity contribution in [3.05, 3.63) is 34.9 Å². The van der Waals surface area contributed by atoms with Crippen LogP contribution < -0.4 is 10.6 Å². The summed E-state index contributed by atoms with van der Waals surface area (Å²) in [6.45, 7) is 10.1. The molecule has 0 aliphatic rings. The minimum atomic E-state index is -1.33. The van der Waals surface area contributed by atoms with Crippen LogP contribution in [0.15, 0.2) is 18.2 Å². The van der Waals surface area contributed by atoms with Crippen LogP contribution in [0, 0.1) is 13.8 Å². The van der Waals surface area contributed by atoms with E-state index in [0.29, 0.717) is 12.0 Å². The zero-order chi connectivity index (χ0) is 28.9. The molecule has 0 spiro atoms. The fraction of sp³-hybridized carbons (Fsp3) is 0.643. The second-order valence-corrected chi connectivity index (χ2v) is 10.3. The third-order valence-electron chi connectivity index (χ3n) is 6.09. The number of esters is 1. The van der Waals surface area contributed by atoms with Crippen molar-refractivity contribution in [2.75, 3.05) is 26.8 Å². The van der Waals surface area contributed by atoms with Crippen molar-refractivity contribution >= 4 is 23.9 Å². The number of aryl methyl sites for hydroxylation is 1. The first kappa shape index (κ1) is 32.9. The number of unbranched alkanes of at least 4 members (excludes halogenated alkanes) is 4. The molecule has 38 heavy (non-hydrogen) atoms. The van der Waals surface area contributed by atoms with Gasteiger partial charge in [-0.05, 0) is 57.7 Å². The molecule has 2 unspecified atom stereocenters. The van der Waals surface area contributed by atoms with Gasteiger partial charge in [-0.3, -0.25) is 14.4 Å². The van der Waals surface area contributed by atoms with Crippen LogP contribution in [0.25, 0.3) is 0 Å². The zero-order valence-corrected chi connectivity index (χ0v) is 23.9. The SMILES string of the molecule is CCCCCCCN(C(=O)C(CO)NC(=O)OC(C)(C)C)C(C(=O)NCC(=O)OC)c1cccc(C)c1C. The van der Waals surface area contributed by atoms with Crippen LogP contribution in [0.4, 0.5) is 4.79 Å². The number of aliphatic hydroxyl groups excluding tert-OH is 1. The van der Waals surface area contributed by atoms with Crippen molar-refractivity contribution in [3.63, 3.8) is 0 Å². The van der Waals surface area contributed by atoms with Gasteiger partial charge >= 0.3 is 12.1 Å². The molecular formula is C28H45N3O7. The van der Waals surface area contributed by atoms with Gasteiger partial charge in [0.15, 0.2) is 0 Å². The molecule has 2 atom stereocenters. The van der Waals surface area contributed by atoms with Gasteiger partial charge in [-0.25, -0.2) is 4.79 Å². The Bertz CT molecular complexity index is 943. The predicted octanol–water partition coefficient (Wildman–Crippen LogP) is 3.32. The average molecular weight is 536 g/mol. The molecule has 0 aliphatic carbocycles. The molecule has 10 nitrogen and oxygen atoms in total. The molecule has 3 N–H and O–H groups in total. The standard InChI is InChI=1S/C28H45N3O7/c1-8-9-10-11-12-16-31(26(35)22(18-32)30-27(36)38-28(4,5)6)24(25(34)29-17-23(33)37-7)21-15-13-14-19(2)20(21)3/h13-15,22,24,32H,8-12,16-18H2,1-7H3,(H,29,34)(H,30,36). The van der Waals surface area contributed by atoms with Gasteiger partial charge in [-0.15, -0.1) is 0 Å². The lowest BCUT2D eigenvalue weighted by Gasteiger charge is -2.35. The molecule has 0 aromatic heterocycles. The van der Waals surface area contributed by atoms with Gasteiger partial charge in [0.25, 0.3) is 0 Å². The zero-order valence-electron chi connectivity index (χ0n) is 23.9. The van der Waals surface area contributed by atoms with Crippen LogP contribution in [0.2, 0.25) is 0 Å². The molecule has 1 aromatic carbocycles. The minimum absolute atomic E-state index is 0.207. The maximum absolute atomic E-state index is 13.8. The molecule has 0 saturated heterocycles. The van der Waals surface area contributed by atoms with Crippen LogP contribution >= 0.6 is 0 Å². The Kier molecular flexibility index (Phi) is 13.8. The van der Waals surface area contributed by atoms with E-state index < -0.39 is 48.2 Å². The smallest absolute Gasteiger partial charge is 0.408 e. The summed E-state index contributed by atoms with van der Waals surface area (Å²) in [5, 5.41) is 15.1. The highest BCUT2D eigenvalue weighted by atomic mass is 16.6. The van der Waals surface area contributed by atoms with Crippen LogP contribution in [-0.4, -0.2) is 72.3 Å². The molecule has 0 heterocycles. The highest BCUT2D eigenvalue weighted by molar-refractivity contribution is 5.93. The molecular weight excluding hydrogens is 490 g/mol. The number of hydrogen-bond donors (Lipinski definition) is 3. The lowest BCUT2D eigenvalue weighted by atomic mass is 9.94. The number of amides is 3. The Morgan fingerprint density at radius 1 is 1.05 bits per heavy atom. The van der Waals surface area contributed by atoms with E-state index in [1.165, 1.54) is 12.0 Å². The maximum Gasteiger partial charge on any atom is 0.408 e. The van der Waals surface area contributed by atoms with Gasteiger partial charge in [0.2, 0.25) is 11.8 Å². The van der Waals surface area contributed by atoms with Crippen LogP contribution in [0.5, 0.6) is 0 Å². The van der Waals surface area contributed by atoms with Crippen molar-refractivity contribution in [1.29, 1.82) is 0 Å². The summed E-state index contributed by atoms with van der Waals surface area (Å²) in [5.41, 5.74) is 1.52. The van der Waals surface area contributed by atoms with Gasteiger partial charge in [-0.2, -0.15) is 0 Å². The molecule has 10 heteroatoms. The van der Waals surface area contributed by atoms with Gasteiger partial charge in [0.1, 0.15) is 24.2 Å². The quantitative estimate of drug-likeness (QED) is 0.246. The Hall–Kier alpha value is -3.14. The predicted molar refractivity (Wildman–Crippen MR) is 144 cm³/mol. The third kappa shape index (κ3) is 10.7. The van der Waals surface area contributed by atoms with Crippen LogP contribution in [-0.2, 0) is 23.9 Å². The largest absolute Gasteiger partial charge is 0.468 e. The first-order valence-electron chi connectivity index (χ1n) is 13.2. The van der Waals surface area contributed by atoms with Crippen molar-refractivity contribution in [2.24, 2.45) is 0 Å². The monoisotopic (exact) mass is 535 g/mol. The molecule has 0 saturated carbocycles. The number of rotatable bonds is 14. The van der Waals surface area contributed by atoms with E-state index in [2.05, 4.69) is 22.3 Å². The molecule has 0 fully saturated rings. The first-order valence-corrected chi connectivity index (χ1v) is 13.2. The summed E-state index contributed by atoms with van der Waals surface area (Å²) < 4.78 is 9.92. The lowest BCUT2D eigenvalue weighted by Crippen LogP contribution is -2.55. The van der Waals surface area contributed by atoms with E-state index in [-0.39, 0.29) is 13.1 Å². The number of nitrogens with zero attached hydrogens (tertiary/aromatic N) is 1. The third-order valence-corrected chi connectivity index (χ3v) is 6.09. The molecule has 0 aliphatic heterocycles. The highest BCUT2D eigenvalue weighted by Gasteiger charge is 2.36. The van der Waals surface area contributed by atoms with E-state index in [0.717, 1.165) is 36.8 Å². The van der Waals surface area contributed by atoms with Crippen molar-refractivity contribution in [3.8, 4) is 0 Å². The number of benzene rings is 1. The average Bonchev–Trinajstić information content (AvgIpc) is 2.85. The second kappa shape index (κ2) is 16.0. The van der Waals surface area contributed by atoms with E-state index in [4.69, 9.17) is 4.74 Å². The highest BCUT2D eigenvalue weighted by Crippen LogP contribution is 2.28. The maximum atomic E-state index is 13.8. The van der Waals surface area contributed by atoms with Crippen molar-refractivity contribution in [1.82, 2.24) is 15.5 Å². The summed E-state index contributed by atoms with van der Waals surface area (Å²) in [4.78, 5) is 52.9. The second-order valence-electron chi connectivity index (χ2n) is 10.3. The van der Waals surface area contributed by atoms with Gasteiger partial charge in [0, 0.05) is 6.54 Å². The van der Waals surface area contributed by atoms with Gasteiger partial charge in [-0.1, -0.05) is 50.8 Å². The number of methoxy groups -OCH3 is 1. The summed E-state index contributed by atoms with van der Waals surface area (Å²) in [5.74, 6) is -1.83. The van der Waals surface area contributed by atoms with Crippen molar-refractivity contribution < 1.29 is 33.8 Å². The molecule has 214 valence electrons. The van der Waals surface area contributed by atoms with Crippen molar-refractivity contribution in [2.45, 2.75) is 91.3 Å². The first-order chi connectivity index (χ1) is 17.9. The van der Waals surface area contributed by atoms with Gasteiger partial charge < -0.3 is 30.1 Å². The van der Waals surface area contributed by atoms with Crippen LogP contribution in [0.1, 0.15) is 82.5 Å². The normalized spacial score (nSPS) is 12.7. The summed E-state index contributed by atoms with van der Waals surface area (Å²) in [7, 11) is 1.22. The summed E-state index contributed by atoms with van der Waals surface area (Å²) in [6.07, 6.45) is 3.67. The summed E-state index contributed by atoms with van der Waals surface area (Å²) >= 11 is 0. The molecule has 3 amide bonds. The summed E-state index contributed by atoms with van der Waals surface area (Å²) in [6, 6.07) is 3.02. The number of aliphatic hydroxyl groups is 1. The Labute approximate surface area is 226 Å².